The van der Waals surface area contributed by atoms with Crippen LogP contribution in [0.1, 0.15) is 52.7 Å². The van der Waals surface area contributed by atoms with Gasteiger partial charge in [0, 0.05) is 18.7 Å². The zero-order valence-corrected chi connectivity index (χ0v) is 17.6. The van der Waals surface area contributed by atoms with E-state index < -0.39 is 15.6 Å². The standard InChI is InChI=1S/C20H22N4O5S/c1-12(25)15-9-13(7-8-22-15)19(26)23-20(2,3)11-29-16-6-4-5-14-10-30(27,28)24-18(21)17(14)16/h4-9H,10-11H2,1-3H3,(H2,21,24)(H,23,26). The Hall–Kier alpha value is -3.27. The molecule has 30 heavy (non-hydrogen) atoms. The second kappa shape index (κ2) is 7.86. The monoisotopic (exact) mass is 430 g/mol. The number of nitrogens with zero attached hydrogens (tertiary/aromatic N) is 2. The molecule has 0 unspecified atom stereocenters. The topological polar surface area (TPSA) is 141 Å². The minimum absolute atomic E-state index is 0.0832. The first-order chi connectivity index (χ1) is 14.0. The van der Waals surface area contributed by atoms with Crippen molar-refractivity contribution >= 4 is 27.5 Å². The van der Waals surface area contributed by atoms with Gasteiger partial charge in [0.2, 0.25) is 0 Å². The maximum atomic E-state index is 12.6. The fourth-order valence-electron chi connectivity index (χ4n) is 2.97. The Balaban J connectivity index is 1.74. The number of pyridine rings is 1. The third-order valence-corrected chi connectivity index (χ3v) is 5.52. The summed E-state index contributed by atoms with van der Waals surface area (Å²) in [4.78, 5) is 28.0. The summed E-state index contributed by atoms with van der Waals surface area (Å²) in [5.74, 6) is -0.602. The van der Waals surface area contributed by atoms with Crippen molar-refractivity contribution in [2.75, 3.05) is 6.61 Å². The van der Waals surface area contributed by atoms with Gasteiger partial charge in [-0.15, -0.1) is 4.40 Å². The predicted octanol–water partition coefficient (Wildman–Crippen LogP) is 1.42. The van der Waals surface area contributed by atoms with Crippen LogP contribution in [0.5, 0.6) is 5.75 Å². The molecule has 0 bridgehead atoms. The number of hydrogen-bond acceptors (Lipinski definition) is 7. The predicted molar refractivity (Wildman–Crippen MR) is 111 cm³/mol. The fraction of sp³-hybridized carbons (Fsp3) is 0.300. The number of nitrogens with one attached hydrogen (secondary N) is 1. The van der Waals surface area contributed by atoms with Gasteiger partial charge >= 0.3 is 0 Å². The van der Waals surface area contributed by atoms with Crippen LogP contribution in [0.15, 0.2) is 40.9 Å². The van der Waals surface area contributed by atoms with Crippen molar-refractivity contribution < 1.29 is 22.7 Å². The van der Waals surface area contributed by atoms with E-state index in [4.69, 9.17) is 10.5 Å². The summed E-state index contributed by atoms with van der Waals surface area (Å²) in [5.41, 5.74) is 6.52. The molecule has 1 aromatic heterocycles. The molecule has 3 N–H and O–H groups in total. The van der Waals surface area contributed by atoms with Gasteiger partial charge < -0.3 is 15.8 Å². The lowest BCUT2D eigenvalue weighted by atomic mass is 10.0. The first-order valence-electron chi connectivity index (χ1n) is 9.10. The summed E-state index contributed by atoms with van der Waals surface area (Å²) >= 11 is 0. The minimum atomic E-state index is -3.64. The first-order valence-corrected chi connectivity index (χ1v) is 10.7. The molecule has 1 amide bonds. The lowest BCUT2D eigenvalue weighted by Gasteiger charge is -2.27. The van der Waals surface area contributed by atoms with Crippen molar-refractivity contribution in [2.45, 2.75) is 32.1 Å². The molecule has 1 aliphatic heterocycles. The Kier molecular flexibility index (Phi) is 5.62. The number of nitrogens with two attached hydrogens (primary N) is 1. The van der Waals surface area contributed by atoms with Crippen LogP contribution in [-0.4, -0.2) is 43.1 Å². The summed E-state index contributed by atoms with van der Waals surface area (Å²) in [5, 5.41) is 2.85. The van der Waals surface area contributed by atoms with E-state index in [1.165, 1.54) is 25.3 Å². The zero-order valence-electron chi connectivity index (χ0n) is 16.8. The minimum Gasteiger partial charge on any atom is -0.490 e. The Morgan fingerprint density at radius 1 is 1.27 bits per heavy atom. The number of rotatable bonds is 6. The van der Waals surface area contributed by atoms with Gasteiger partial charge in [0.15, 0.2) is 5.78 Å². The molecular formula is C20H22N4O5S. The number of hydrogen-bond donors (Lipinski definition) is 2. The highest BCUT2D eigenvalue weighted by atomic mass is 32.2. The van der Waals surface area contributed by atoms with Gasteiger partial charge in [-0.3, -0.25) is 14.6 Å². The summed E-state index contributed by atoms with van der Waals surface area (Å²) in [6.07, 6.45) is 1.40. The molecule has 1 aliphatic rings. The van der Waals surface area contributed by atoms with E-state index in [0.29, 0.717) is 22.4 Å². The number of fused-ring (bicyclic) bond motifs is 1. The number of benzene rings is 1. The summed E-state index contributed by atoms with van der Waals surface area (Å²) in [6.45, 7) is 5.01. The van der Waals surface area contributed by atoms with Crippen LogP contribution in [0.25, 0.3) is 0 Å². The Labute approximate surface area is 174 Å². The maximum absolute atomic E-state index is 12.6. The van der Waals surface area contributed by atoms with Gasteiger partial charge in [-0.2, -0.15) is 0 Å². The van der Waals surface area contributed by atoms with Crippen LogP contribution < -0.4 is 15.8 Å². The van der Waals surface area contributed by atoms with Crippen LogP contribution in [-0.2, 0) is 15.8 Å². The van der Waals surface area contributed by atoms with Crippen molar-refractivity contribution in [3.8, 4) is 5.75 Å². The number of aromatic nitrogens is 1. The number of ketones is 1. The molecule has 9 nitrogen and oxygen atoms in total. The lowest BCUT2D eigenvalue weighted by Crippen LogP contribution is -2.48. The quantitative estimate of drug-likeness (QED) is 0.660. The van der Waals surface area contributed by atoms with Gasteiger partial charge in [0.25, 0.3) is 15.9 Å². The normalized spacial score (nSPS) is 15.0. The number of Topliss-reactive ketones (excluding diaryl/α,β-unsaturated/α-hetero) is 1. The average molecular weight is 430 g/mol. The molecule has 0 radical (unpaired) electrons. The second-order valence-electron chi connectivity index (χ2n) is 7.61. The molecule has 3 rings (SSSR count). The van der Waals surface area contributed by atoms with E-state index in [0.717, 1.165) is 0 Å². The van der Waals surface area contributed by atoms with E-state index in [-0.39, 0.29) is 35.6 Å². The van der Waals surface area contributed by atoms with Crippen molar-refractivity contribution in [2.24, 2.45) is 10.1 Å². The smallest absolute Gasteiger partial charge is 0.259 e. The number of ether oxygens (including phenoxy) is 1. The van der Waals surface area contributed by atoms with Gasteiger partial charge in [0.05, 0.1) is 16.9 Å². The third-order valence-electron chi connectivity index (χ3n) is 4.37. The van der Waals surface area contributed by atoms with Crippen molar-refractivity contribution in [3.05, 3.63) is 58.9 Å². The third kappa shape index (κ3) is 4.82. The van der Waals surface area contributed by atoms with Crippen molar-refractivity contribution in [3.63, 3.8) is 0 Å². The maximum Gasteiger partial charge on any atom is 0.259 e. The van der Waals surface area contributed by atoms with Gasteiger partial charge in [-0.05, 0) is 37.6 Å². The van der Waals surface area contributed by atoms with E-state index in [1.54, 1.807) is 32.0 Å². The largest absolute Gasteiger partial charge is 0.490 e. The number of amidine groups is 1. The van der Waals surface area contributed by atoms with Gasteiger partial charge in [-0.1, -0.05) is 12.1 Å². The van der Waals surface area contributed by atoms with Gasteiger partial charge in [0.1, 0.15) is 23.9 Å². The summed E-state index contributed by atoms with van der Waals surface area (Å²) in [6, 6.07) is 7.95. The van der Waals surface area contributed by atoms with E-state index >= 15 is 0 Å². The second-order valence-corrected chi connectivity index (χ2v) is 9.24. The molecule has 2 heterocycles. The Bertz CT molecular complexity index is 1160. The van der Waals surface area contributed by atoms with Crippen molar-refractivity contribution in [1.29, 1.82) is 0 Å². The van der Waals surface area contributed by atoms with Gasteiger partial charge in [-0.25, -0.2) is 8.42 Å². The SMILES string of the molecule is CC(=O)c1cc(C(=O)NC(C)(C)COc2cccc3c2C(N)=NS(=O)(=O)C3)ccn1. The lowest BCUT2D eigenvalue weighted by molar-refractivity contribution is 0.0880. The molecule has 1 aromatic carbocycles. The molecule has 0 spiro atoms. The number of amides is 1. The van der Waals surface area contributed by atoms with E-state index in [1.807, 2.05) is 0 Å². The number of sulfonamides is 1. The number of carbonyl (C=O) groups excluding carboxylic acids is 2. The molecule has 10 heteroatoms. The van der Waals surface area contributed by atoms with Crippen LogP contribution in [0.4, 0.5) is 0 Å². The zero-order chi connectivity index (χ0) is 22.1. The highest BCUT2D eigenvalue weighted by Crippen LogP contribution is 2.28. The molecule has 0 fully saturated rings. The van der Waals surface area contributed by atoms with Crippen LogP contribution in [0, 0.1) is 0 Å². The van der Waals surface area contributed by atoms with Crippen LogP contribution in [0.2, 0.25) is 0 Å². The highest BCUT2D eigenvalue weighted by Gasteiger charge is 2.27. The molecule has 0 saturated heterocycles. The molecule has 0 aliphatic carbocycles. The Morgan fingerprint density at radius 3 is 2.70 bits per heavy atom. The molecule has 2 aromatic rings. The molecular weight excluding hydrogens is 408 g/mol. The van der Waals surface area contributed by atoms with E-state index in [2.05, 4.69) is 14.7 Å². The average Bonchev–Trinajstić information content (AvgIpc) is 2.65. The fourth-order valence-corrected chi connectivity index (χ4v) is 4.06. The molecule has 0 atom stereocenters. The Morgan fingerprint density at radius 2 is 2.00 bits per heavy atom. The summed E-state index contributed by atoms with van der Waals surface area (Å²) < 4.78 is 33.0. The van der Waals surface area contributed by atoms with Crippen molar-refractivity contribution in [1.82, 2.24) is 10.3 Å². The molecule has 158 valence electrons. The first kappa shape index (κ1) is 21.4. The van der Waals surface area contributed by atoms with E-state index in [9.17, 15) is 18.0 Å². The highest BCUT2D eigenvalue weighted by molar-refractivity contribution is 7.89. The molecule has 0 saturated carbocycles. The van der Waals surface area contributed by atoms with Crippen LogP contribution in [0.3, 0.4) is 0 Å². The number of carbonyl (C=O) groups is 2. The van der Waals surface area contributed by atoms with Crippen LogP contribution >= 0.6 is 0 Å². The summed E-state index contributed by atoms with van der Waals surface area (Å²) in [7, 11) is -3.64.